The lowest BCUT2D eigenvalue weighted by atomic mass is 10.1. The standard InChI is InChI=1S/C23H33N5.HI/c1-4-24-23(25-16-19-10-8-9-11-20(19)17-27(2)3)26-21-14-15-28(18-21)22-12-6-5-7-13-22;/h5-13,21H,4,14-18H2,1-3H3,(H2,24,25,26);1H. The molecule has 158 valence electrons. The second-order valence-electron chi connectivity index (χ2n) is 7.61. The van der Waals surface area contributed by atoms with E-state index < -0.39 is 0 Å². The Morgan fingerprint density at radius 3 is 2.45 bits per heavy atom. The Bertz CT molecular complexity index is 763. The number of aliphatic imine (C=N–C) groups is 1. The third kappa shape index (κ3) is 7.19. The summed E-state index contributed by atoms with van der Waals surface area (Å²) < 4.78 is 0. The normalized spacial score (nSPS) is 16.6. The van der Waals surface area contributed by atoms with Crippen molar-refractivity contribution in [2.45, 2.75) is 32.5 Å². The van der Waals surface area contributed by atoms with Gasteiger partial charge in [0, 0.05) is 37.9 Å². The minimum atomic E-state index is 0. The monoisotopic (exact) mass is 507 g/mol. The summed E-state index contributed by atoms with van der Waals surface area (Å²) in [6.45, 7) is 6.68. The van der Waals surface area contributed by atoms with Gasteiger partial charge in [0.15, 0.2) is 5.96 Å². The summed E-state index contributed by atoms with van der Waals surface area (Å²) in [5.41, 5.74) is 3.92. The molecule has 6 heteroatoms. The lowest BCUT2D eigenvalue weighted by Gasteiger charge is -2.20. The SMILES string of the molecule is CCNC(=NCc1ccccc1CN(C)C)NC1CCN(c2ccccc2)C1.I. The number of anilines is 1. The van der Waals surface area contributed by atoms with E-state index in [1.807, 2.05) is 0 Å². The maximum absolute atomic E-state index is 4.87. The largest absolute Gasteiger partial charge is 0.369 e. The van der Waals surface area contributed by atoms with Gasteiger partial charge in [-0.3, -0.25) is 0 Å². The molecule has 1 fully saturated rings. The Morgan fingerprint density at radius 1 is 1.07 bits per heavy atom. The molecule has 5 nitrogen and oxygen atoms in total. The van der Waals surface area contributed by atoms with Gasteiger partial charge in [-0.05, 0) is 50.7 Å². The van der Waals surface area contributed by atoms with Crippen molar-refractivity contribution in [2.24, 2.45) is 4.99 Å². The van der Waals surface area contributed by atoms with Crippen molar-refractivity contribution in [3.8, 4) is 0 Å². The zero-order valence-corrected chi connectivity index (χ0v) is 20.1. The van der Waals surface area contributed by atoms with E-state index in [0.717, 1.165) is 38.6 Å². The molecular formula is C23H34IN5. The van der Waals surface area contributed by atoms with Crippen molar-refractivity contribution in [1.82, 2.24) is 15.5 Å². The van der Waals surface area contributed by atoms with Crippen LogP contribution in [0, 0.1) is 0 Å². The summed E-state index contributed by atoms with van der Waals surface area (Å²) in [5.74, 6) is 0.905. The van der Waals surface area contributed by atoms with Gasteiger partial charge in [0.2, 0.25) is 0 Å². The number of rotatable bonds is 7. The van der Waals surface area contributed by atoms with Crippen LogP contribution in [0.15, 0.2) is 59.6 Å². The third-order valence-corrected chi connectivity index (χ3v) is 5.01. The summed E-state index contributed by atoms with van der Waals surface area (Å²) in [7, 11) is 4.20. The van der Waals surface area contributed by atoms with Gasteiger partial charge in [0.25, 0.3) is 0 Å². The summed E-state index contributed by atoms with van der Waals surface area (Å²) in [6, 6.07) is 19.6. The molecule has 2 aromatic rings. The zero-order chi connectivity index (χ0) is 19.8. The van der Waals surface area contributed by atoms with Crippen LogP contribution < -0.4 is 15.5 Å². The van der Waals surface area contributed by atoms with Crippen molar-refractivity contribution >= 4 is 35.6 Å². The van der Waals surface area contributed by atoms with Crippen LogP contribution in [0.25, 0.3) is 0 Å². The first-order valence-electron chi connectivity index (χ1n) is 10.2. The van der Waals surface area contributed by atoms with Crippen molar-refractivity contribution < 1.29 is 0 Å². The van der Waals surface area contributed by atoms with Crippen molar-refractivity contribution in [2.75, 3.05) is 38.6 Å². The van der Waals surface area contributed by atoms with Crippen molar-refractivity contribution in [3.05, 3.63) is 65.7 Å². The first kappa shape index (κ1) is 23.5. The number of nitrogens with zero attached hydrogens (tertiary/aromatic N) is 3. The molecule has 0 spiro atoms. The topological polar surface area (TPSA) is 42.9 Å². The van der Waals surface area contributed by atoms with Gasteiger partial charge in [-0.25, -0.2) is 4.99 Å². The third-order valence-electron chi connectivity index (χ3n) is 5.01. The Labute approximate surface area is 192 Å². The highest BCUT2D eigenvalue weighted by molar-refractivity contribution is 14.0. The predicted molar refractivity (Wildman–Crippen MR) is 134 cm³/mol. The first-order valence-corrected chi connectivity index (χ1v) is 10.2. The molecule has 0 aromatic heterocycles. The van der Waals surface area contributed by atoms with Crippen LogP contribution in [0.1, 0.15) is 24.5 Å². The predicted octanol–water partition coefficient (Wildman–Crippen LogP) is 3.70. The van der Waals surface area contributed by atoms with Crippen LogP contribution >= 0.6 is 24.0 Å². The van der Waals surface area contributed by atoms with Gasteiger partial charge in [-0.15, -0.1) is 24.0 Å². The highest BCUT2D eigenvalue weighted by atomic mass is 127. The van der Waals surface area contributed by atoms with Crippen LogP contribution in [0.2, 0.25) is 0 Å². The number of nitrogens with one attached hydrogen (secondary N) is 2. The molecule has 2 N–H and O–H groups in total. The van der Waals surface area contributed by atoms with Crippen molar-refractivity contribution in [1.29, 1.82) is 0 Å². The van der Waals surface area contributed by atoms with Crippen LogP contribution in [0.3, 0.4) is 0 Å². The summed E-state index contributed by atoms with van der Waals surface area (Å²) in [6.07, 6.45) is 1.12. The average molecular weight is 507 g/mol. The summed E-state index contributed by atoms with van der Waals surface area (Å²) in [4.78, 5) is 9.51. The molecule has 0 bridgehead atoms. The van der Waals surface area contributed by atoms with Crippen LogP contribution in [0.4, 0.5) is 5.69 Å². The average Bonchev–Trinajstić information content (AvgIpc) is 3.16. The molecule has 1 atom stereocenters. The Kier molecular flexibility index (Phi) is 9.73. The highest BCUT2D eigenvalue weighted by Crippen LogP contribution is 2.19. The van der Waals surface area contributed by atoms with Crippen LogP contribution in [0.5, 0.6) is 0 Å². The second kappa shape index (κ2) is 12.0. The van der Waals surface area contributed by atoms with E-state index in [1.54, 1.807) is 0 Å². The van der Waals surface area contributed by atoms with Crippen LogP contribution in [-0.4, -0.2) is 50.6 Å². The zero-order valence-electron chi connectivity index (χ0n) is 17.8. The summed E-state index contributed by atoms with van der Waals surface area (Å²) in [5, 5.41) is 7.04. The molecule has 0 saturated carbocycles. The fourth-order valence-corrected chi connectivity index (χ4v) is 3.64. The van der Waals surface area contributed by atoms with E-state index in [4.69, 9.17) is 4.99 Å². The molecular weight excluding hydrogens is 473 g/mol. The minimum absolute atomic E-state index is 0. The van der Waals surface area contributed by atoms with Gasteiger partial charge in [-0.1, -0.05) is 42.5 Å². The van der Waals surface area contributed by atoms with Crippen molar-refractivity contribution in [3.63, 3.8) is 0 Å². The van der Waals surface area contributed by atoms with E-state index >= 15 is 0 Å². The molecule has 0 amide bonds. The minimum Gasteiger partial charge on any atom is -0.369 e. The number of guanidine groups is 1. The van der Waals surface area contributed by atoms with Gasteiger partial charge in [0.05, 0.1) is 6.54 Å². The molecule has 3 rings (SSSR count). The van der Waals surface area contributed by atoms with E-state index in [2.05, 4.69) is 96.0 Å². The molecule has 2 aromatic carbocycles. The van der Waals surface area contributed by atoms with Gasteiger partial charge >= 0.3 is 0 Å². The van der Waals surface area contributed by atoms with Gasteiger partial charge in [-0.2, -0.15) is 0 Å². The number of halogens is 1. The molecule has 0 aliphatic carbocycles. The maximum atomic E-state index is 4.87. The number of hydrogen-bond donors (Lipinski definition) is 2. The van der Waals surface area contributed by atoms with E-state index in [-0.39, 0.29) is 24.0 Å². The molecule has 1 heterocycles. The highest BCUT2D eigenvalue weighted by Gasteiger charge is 2.23. The quantitative estimate of drug-likeness (QED) is 0.341. The Balaban J connectivity index is 0.00000300. The lowest BCUT2D eigenvalue weighted by molar-refractivity contribution is 0.401. The second-order valence-corrected chi connectivity index (χ2v) is 7.61. The first-order chi connectivity index (χ1) is 13.7. The molecule has 1 saturated heterocycles. The number of hydrogen-bond acceptors (Lipinski definition) is 3. The smallest absolute Gasteiger partial charge is 0.191 e. The van der Waals surface area contributed by atoms with Gasteiger partial charge in [0.1, 0.15) is 0 Å². The fourth-order valence-electron chi connectivity index (χ4n) is 3.64. The molecule has 29 heavy (non-hydrogen) atoms. The van der Waals surface area contributed by atoms with E-state index in [0.29, 0.717) is 12.6 Å². The fraction of sp³-hybridized carbons (Fsp3) is 0.435. The summed E-state index contributed by atoms with van der Waals surface area (Å²) >= 11 is 0. The number of para-hydroxylation sites is 1. The van der Waals surface area contributed by atoms with E-state index in [1.165, 1.54) is 16.8 Å². The molecule has 1 unspecified atom stereocenters. The lowest BCUT2D eigenvalue weighted by Crippen LogP contribution is -2.44. The molecule has 1 aliphatic heterocycles. The maximum Gasteiger partial charge on any atom is 0.191 e. The molecule has 1 aliphatic rings. The van der Waals surface area contributed by atoms with E-state index in [9.17, 15) is 0 Å². The number of benzene rings is 2. The van der Waals surface area contributed by atoms with Crippen LogP contribution in [-0.2, 0) is 13.1 Å². The van der Waals surface area contributed by atoms with Gasteiger partial charge < -0.3 is 20.4 Å². The molecule has 0 radical (unpaired) electrons. The Morgan fingerprint density at radius 2 is 1.76 bits per heavy atom. The Hall–Kier alpha value is -1.80.